The highest BCUT2D eigenvalue weighted by atomic mass is 16.4. The highest BCUT2D eigenvalue weighted by molar-refractivity contribution is 5.74. The fourth-order valence-electron chi connectivity index (χ4n) is 0.952. The maximum atomic E-state index is 10.9. The molecule has 13 heavy (non-hydrogen) atoms. The largest absolute Gasteiger partial charge is 0.481 e. The molecular formula is C8H10N2O3. The van der Waals surface area contributed by atoms with Gasteiger partial charge < -0.3 is 10.1 Å². The van der Waals surface area contributed by atoms with E-state index in [0.29, 0.717) is 5.69 Å². The second-order valence-corrected chi connectivity index (χ2v) is 2.85. The quantitative estimate of drug-likeness (QED) is 0.687. The molecule has 0 bridgehead atoms. The monoisotopic (exact) mass is 182 g/mol. The van der Waals surface area contributed by atoms with Gasteiger partial charge >= 0.3 is 11.7 Å². The molecule has 0 radical (unpaired) electrons. The van der Waals surface area contributed by atoms with Crippen molar-refractivity contribution >= 4 is 5.97 Å². The number of aryl methyl sites for hydroxylation is 1. The van der Waals surface area contributed by atoms with E-state index in [1.54, 1.807) is 13.0 Å². The third-order valence-electron chi connectivity index (χ3n) is 1.71. The summed E-state index contributed by atoms with van der Waals surface area (Å²) in [5.41, 5.74) is 0.389. The predicted molar refractivity (Wildman–Crippen MR) is 45.6 cm³/mol. The first-order valence-electron chi connectivity index (χ1n) is 3.81. The molecule has 5 heteroatoms. The summed E-state index contributed by atoms with van der Waals surface area (Å²) in [6, 6.07) is 1.56. The molecule has 1 atom stereocenters. The van der Waals surface area contributed by atoms with E-state index in [1.807, 2.05) is 0 Å². The van der Waals surface area contributed by atoms with Gasteiger partial charge in [0, 0.05) is 5.69 Å². The molecule has 0 spiro atoms. The summed E-state index contributed by atoms with van der Waals surface area (Å²) in [5, 5.41) is 8.66. The Morgan fingerprint density at radius 2 is 2.31 bits per heavy atom. The van der Waals surface area contributed by atoms with Crippen LogP contribution in [0.3, 0.4) is 0 Å². The Bertz CT molecular complexity index is 383. The topological polar surface area (TPSA) is 83.0 Å². The van der Waals surface area contributed by atoms with Crippen LogP contribution in [0.25, 0.3) is 0 Å². The molecule has 1 aromatic heterocycles. The minimum atomic E-state index is -0.988. The van der Waals surface area contributed by atoms with E-state index in [-0.39, 0.29) is 5.69 Å². The van der Waals surface area contributed by atoms with Crippen LogP contribution in [0.2, 0.25) is 0 Å². The van der Waals surface area contributed by atoms with Gasteiger partial charge in [-0.2, -0.15) is 4.98 Å². The number of hydrogen-bond acceptors (Lipinski definition) is 3. The van der Waals surface area contributed by atoms with Crippen molar-refractivity contribution < 1.29 is 9.90 Å². The van der Waals surface area contributed by atoms with Crippen molar-refractivity contribution in [1.82, 2.24) is 9.97 Å². The number of hydrogen-bond donors (Lipinski definition) is 2. The van der Waals surface area contributed by atoms with Gasteiger partial charge in [-0.25, -0.2) is 4.79 Å². The number of carbonyl (C=O) groups is 1. The molecule has 0 amide bonds. The first kappa shape index (κ1) is 9.44. The molecule has 5 nitrogen and oxygen atoms in total. The second kappa shape index (κ2) is 3.38. The van der Waals surface area contributed by atoms with Gasteiger partial charge in [0.1, 0.15) is 0 Å². The maximum absolute atomic E-state index is 10.9. The molecule has 1 rings (SSSR count). The lowest BCUT2D eigenvalue weighted by atomic mass is 10.1. The van der Waals surface area contributed by atoms with Gasteiger partial charge in [-0.3, -0.25) is 4.79 Å². The SMILES string of the molecule is Cc1cc(C(C)C(=O)O)nc(=O)[nH]1. The zero-order chi connectivity index (χ0) is 10.0. The van der Waals surface area contributed by atoms with E-state index in [1.165, 1.54) is 6.92 Å². The van der Waals surface area contributed by atoms with Crippen LogP contribution in [0.4, 0.5) is 0 Å². The van der Waals surface area contributed by atoms with Crippen LogP contribution in [0.15, 0.2) is 10.9 Å². The summed E-state index contributed by atoms with van der Waals surface area (Å²) in [6.45, 7) is 3.17. The van der Waals surface area contributed by atoms with Crippen LogP contribution in [0, 0.1) is 6.92 Å². The average Bonchev–Trinajstić information content (AvgIpc) is 2.01. The van der Waals surface area contributed by atoms with E-state index in [0.717, 1.165) is 0 Å². The second-order valence-electron chi connectivity index (χ2n) is 2.85. The third-order valence-corrected chi connectivity index (χ3v) is 1.71. The number of H-pyrrole nitrogens is 1. The van der Waals surface area contributed by atoms with Gasteiger partial charge in [0.15, 0.2) is 0 Å². The Morgan fingerprint density at radius 1 is 1.69 bits per heavy atom. The molecular weight excluding hydrogens is 172 g/mol. The van der Waals surface area contributed by atoms with E-state index < -0.39 is 17.6 Å². The van der Waals surface area contributed by atoms with Gasteiger partial charge in [0.05, 0.1) is 11.6 Å². The molecule has 0 aromatic carbocycles. The van der Waals surface area contributed by atoms with E-state index >= 15 is 0 Å². The lowest BCUT2D eigenvalue weighted by Gasteiger charge is -2.04. The van der Waals surface area contributed by atoms with Crippen molar-refractivity contribution in [2.75, 3.05) is 0 Å². The van der Waals surface area contributed by atoms with Crippen LogP contribution in [0.5, 0.6) is 0 Å². The Morgan fingerprint density at radius 3 is 2.77 bits per heavy atom. The molecule has 2 N–H and O–H groups in total. The fourth-order valence-corrected chi connectivity index (χ4v) is 0.952. The van der Waals surface area contributed by atoms with Crippen molar-refractivity contribution in [3.05, 3.63) is 27.9 Å². The van der Waals surface area contributed by atoms with Crippen LogP contribution in [-0.4, -0.2) is 21.0 Å². The molecule has 0 saturated heterocycles. The summed E-state index contributed by atoms with van der Waals surface area (Å²) in [5.74, 6) is -1.74. The summed E-state index contributed by atoms with van der Waals surface area (Å²) < 4.78 is 0. The highest BCUT2D eigenvalue weighted by Crippen LogP contribution is 2.10. The van der Waals surface area contributed by atoms with Gasteiger partial charge in [-0.15, -0.1) is 0 Å². The Kier molecular flexibility index (Phi) is 2.46. The number of aromatic amines is 1. The summed E-state index contributed by atoms with van der Waals surface area (Å²) >= 11 is 0. The van der Waals surface area contributed by atoms with Gasteiger partial charge in [-0.1, -0.05) is 0 Å². The van der Waals surface area contributed by atoms with Crippen molar-refractivity contribution in [3.63, 3.8) is 0 Å². The number of rotatable bonds is 2. The lowest BCUT2D eigenvalue weighted by molar-refractivity contribution is -0.138. The normalized spacial score (nSPS) is 12.5. The Hall–Kier alpha value is -1.65. The van der Waals surface area contributed by atoms with Gasteiger partial charge in [-0.05, 0) is 19.9 Å². The minimum Gasteiger partial charge on any atom is -0.481 e. The number of carboxylic acids is 1. The molecule has 0 fully saturated rings. The van der Waals surface area contributed by atoms with E-state index in [9.17, 15) is 9.59 Å². The fraction of sp³-hybridized carbons (Fsp3) is 0.375. The zero-order valence-corrected chi connectivity index (χ0v) is 7.37. The first-order chi connectivity index (χ1) is 6.00. The number of aliphatic carboxylic acids is 1. The molecule has 1 unspecified atom stereocenters. The van der Waals surface area contributed by atoms with E-state index in [2.05, 4.69) is 9.97 Å². The van der Waals surface area contributed by atoms with Crippen LogP contribution in [-0.2, 0) is 4.79 Å². The molecule has 0 aliphatic carbocycles. The molecule has 0 aliphatic rings. The third kappa shape index (κ3) is 2.14. The van der Waals surface area contributed by atoms with Gasteiger partial charge in [0.2, 0.25) is 0 Å². The first-order valence-corrected chi connectivity index (χ1v) is 3.81. The summed E-state index contributed by atoms with van der Waals surface area (Å²) in [7, 11) is 0. The number of aromatic nitrogens is 2. The van der Waals surface area contributed by atoms with Crippen molar-refractivity contribution in [3.8, 4) is 0 Å². The smallest absolute Gasteiger partial charge is 0.345 e. The predicted octanol–water partition coefficient (Wildman–Crippen LogP) is 0.266. The number of nitrogens with one attached hydrogen (secondary N) is 1. The number of nitrogens with zero attached hydrogens (tertiary/aromatic N) is 1. The van der Waals surface area contributed by atoms with Crippen molar-refractivity contribution in [1.29, 1.82) is 0 Å². The van der Waals surface area contributed by atoms with E-state index in [4.69, 9.17) is 5.11 Å². The van der Waals surface area contributed by atoms with Gasteiger partial charge in [0.25, 0.3) is 0 Å². The average molecular weight is 182 g/mol. The lowest BCUT2D eigenvalue weighted by Crippen LogP contribution is -2.18. The summed E-state index contributed by atoms with van der Waals surface area (Å²) in [4.78, 5) is 27.5. The van der Waals surface area contributed by atoms with Crippen molar-refractivity contribution in [2.24, 2.45) is 0 Å². The molecule has 1 heterocycles. The summed E-state index contributed by atoms with van der Waals surface area (Å²) in [6.07, 6.45) is 0. The molecule has 70 valence electrons. The highest BCUT2D eigenvalue weighted by Gasteiger charge is 2.15. The Labute approximate surface area is 74.4 Å². The maximum Gasteiger partial charge on any atom is 0.345 e. The minimum absolute atomic E-state index is 0.286. The zero-order valence-electron chi connectivity index (χ0n) is 7.37. The molecule has 0 saturated carbocycles. The van der Waals surface area contributed by atoms with Crippen LogP contribution in [0.1, 0.15) is 24.2 Å². The Balaban J connectivity index is 3.15. The number of carboxylic acid groups (broad SMARTS) is 1. The molecule has 0 aliphatic heterocycles. The van der Waals surface area contributed by atoms with Crippen molar-refractivity contribution in [2.45, 2.75) is 19.8 Å². The van der Waals surface area contributed by atoms with Crippen LogP contribution < -0.4 is 5.69 Å². The van der Waals surface area contributed by atoms with Crippen LogP contribution >= 0.6 is 0 Å². The standard InChI is InChI=1S/C8H10N2O3/c1-4-3-6(5(2)7(11)12)10-8(13)9-4/h3,5H,1-2H3,(H,11,12)(H,9,10,13). The molecule has 1 aromatic rings.